The first-order valence-electron chi connectivity index (χ1n) is 6.38. The van der Waals surface area contributed by atoms with Crippen molar-refractivity contribution in [3.63, 3.8) is 0 Å². The highest BCUT2D eigenvalue weighted by Gasteiger charge is 2.11. The highest BCUT2D eigenvalue weighted by atomic mass is 16.5. The van der Waals surface area contributed by atoms with Crippen molar-refractivity contribution in [2.75, 3.05) is 24.6 Å². The van der Waals surface area contributed by atoms with Crippen LogP contribution in [0.3, 0.4) is 0 Å². The van der Waals surface area contributed by atoms with Crippen LogP contribution < -0.4 is 9.64 Å². The number of aliphatic carboxylic acids is 2. The molecule has 114 valence electrons. The van der Waals surface area contributed by atoms with Gasteiger partial charge in [0, 0.05) is 24.8 Å². The number of aldehydes is 1. The molecule has 0 aromatic heterocycles. The van der Waals surface area contributed by atoms with Crippen molar-refractivity contribution in [3.8, 4) is 5.75 Å². The van der Waals surface area contributed by atoms with E-state index < -0.39 is 11.9 Å². The van der Waals surface area contributed by atoms with Gasteiger partial charge in [0.2, 0.25) is 0 Å². The molecule has 7 nitrogen and oxygen atoms in total. The third-order valence-electron chi connectivity index (χ3n) is 2.69. The van der Waals surface area contributed by atoms with Crippen LogP contribution in [-0.2, 0) is 14.4 Å². The first-order valence-corrected chi connectivity index (χ1v) is 6.38. The minimum Gasteiger partial charge on any atom is -0.486 e. The maximum Gasteiger partial charge on any atom is 0.305 e. The molecule has 2 N–H and O–H groups in total. The standard InChI is InChI=1S/C14H17NO6/c16-8-9-21-12-3-1-2-11(10-12)15(6-4-13(17)18)7-5-14(19)20/h1-3,8,10H,4-7,9H2,(H,17,18)(H,19,20). The highest BCUT2D eigenvalue weighted by molar-refractivity contribution is 5.69. The number of nitrogens with zero attached hydrogens (tertiary/aromatic N) is 1. The van der Waals surface area contributed by atoms with Gasteiger partial charge >= 0.3 is 11.9 Å². The summed E-state index contributed by atoms with van der Waals surface area (Å²) in [5, 5.41) is 17.5. The molecule has 0 heterocycles. The molecule has 0 atom stereocenters. The molecule has 0 aliphatic carbocycles. The van der Waals surface area contributed by atoms with Gasteiger partial charge in [0.15, 0.2) is 6.29 Å². The van der Waals surface area contributed by atoms with Gasteiger partial charge in [-0.25, -0.2) is 0 Å². The lowest BCUT2D eigenvalue weighted by Crippen LogP contribution is -2.28. The second-order valence-electron chi connectivity index (χ2n) is 4.25. The summed E-state index contributed by atoms with van der Waals surface area (Å²) in [6, 6.07) is 6.74. The summed E-state index contributed by atoms with van der Waals surface area (Å²) in [6.45, 7) is 0.313. The van der Waals surface area contributed by atoms with Crippen LogP contribution in [0.2, 0.25) is 0 Å². The maximum absolute atomic E-state index is 10.7. The molecule has 0 radical (unpaired) electrons. The van der Waals surface area contributed by atoms with Crippen molar-refractivity contribution in [2.24, 2.45) is 0 Å². The number of carbonyl (C=O) groups is 3. The van der Waals surface area contributed by atoms with Crippen LogP contribution in [0.4, 0.5) is 5.69 Å². The Labute approximate surface area is 121 Å². The Kier molecular flexibility index (Phi) is 6.73. The number of carboxylic acids is 2. The lowest BCUT2D eigenvalue weighted by Gasteiger charge is -2.24. The van der Waals surface area contributed by atoms with Gasteiger partial charge < -0.3 is 19.8 Å². The number of benzene rings is 1. The molecule has 0 fully saturated rings. The van der Waals surface area contributed by atoms with Crippen molar-refractivity contribution in [1.29, 1.82) is 0 Å². The van der Waals surface area contributed by atoms with Gasteiger partial charge in [-0.15, -0.1) is 0 Å². The topological polar surface area (TPSA) is 104 Å². The van der Waals surface area contributed by atoms with Gasteiger partial charge in [0.05, 0.1) is 12.8 Å². The van der Waals surface area contributed by atoms with Crippen molar-refractivity contribution >= 4 is 23.9 Å². The predicted octanol–water partition coefficient (Wildman–Crippen LogP) is 1.02. The van der Waals surface area contributed by atoms with E-state index in [4.69, 9.17) is 14.9 Å². The molecule has 0 saturated heterocycles. The fraction of sp³-hybridized carbons (Fsp3) is 0.357. The molecule has 0 saturated carbocycles. The van der Waals surface area contributed by atoms with Crippen LogP contribution in [0.15, 0.2) is 24.3 Å². The Morgan fingerprint density at radius 1 is 1.14 bits per heavy atom. The third-order valence-corrected chi connectivity index (χ3v) is 2.69. The molecule has 21 heavy (non-hydrogen) atoms. The van der Waals surface area contributed by atoms with Crippen molar-refractivity contribution < 1.29 is 29.3 Å². The second-order valence-corrected chi connectivity index (χ2v) is 4.25. The van der Waals surface area contributed by atoms with Crippen molar-refractivity contribution in [2.45, 2.75) is 12.8 Å². The number of carbonyl (C=O) groups excluding carboxylic acids is 1. The van der Waals surface area contributed by atoms with E-state index in [-0.39, 0.29) is 32.5 Å². The molecular weight excluding hydrogens is 278 g/mol. The highest BCUT2D eigenvalue weighted by Crippen LogP contribution is 2.21. The normalized spacial score (nSPS) is 9.90. The molecule has 0 bridgehead atoms. The largest absolute Gasteiger partial charge is 0.486 e. The molecule has 1 aromatic carbocycles. The van der Waals surface area contributed by atoms with Crippen LogP contribution in [0.25, 0.3) is 0 Å². The molecular formula is C14H17NO6. The lowest BCUT2D eigenvalue weighted by molar-refractivity contribution is -0.137. The van der Waals surface area contributed by atoms with E-state index in [9.17, 15) is 14.4 Å². The fourth-order valence-electron chi connectivity index (χ4n) is 1.73. The van der Waals surface area contributed by atoms with Gasteiger partial charge in [-0.3, -0.25) is 14.4 Å². The van der Waals surface area contributed by atoms with Crippen LogP contribution in [-0.4, -0.2) is 48.1 Å². The Morgan fingerprint density at radius 2 is 1.76 bits per heavy atom. The minimum absolute atomic E-state index is 0.0757. The lowest BCUT2D eigenvalue weighted by atomic mass is 10.2. The van der Waals surface area contributed by atoms with E-state index in [1.54, 1.807) is 29.2 Å². The summed E-state index contributed by atoms with van der Waals surface area (Å²) in [7, 11) is 0. The number of carboxylic acid groups (broad SMARTS) is 2. The van der Waals surface area contributed by atoms with Crippen LogP contribution >= 0.6 is 0 Å². The van der Waals surface area contributed by atoms with E-state index in [1.807, 2.05) is 0 Å². The predicted molar refractivity (Wildman–Crippen MR) is 74.7 cm³/mol. The molecule has 1 aromatic rings. The third kappa shape index (κ3) is 6.42. The molecule has 0 unspecified atom stereocenters. The second kappa shape index (κ2) is 8.57. The van der Waals surface area contributed by atoms with Crippen LogP contribution in [0.5, 0.6) is 5.75 Å². The Hall–Kier alpha value is -2.57. The molecule has 0 aliphatic rings. The van der Waals surface area contributed by atoms with Crippen LogP contribution in [0, 0.1) is 0 Å². The van der Waals surface area contributed by atoms with Gasteiger partial charge in [0.25, 0.3) is 0 Å². The molecule has 0 aliphatic heterocycles. The minimum atomic E-state index is -0.955. The van der Waals surface area contributed by atoms with Crippen LogP contribution in [0.1, 0.15) is 12.8 Å². The van der Waals surface area contributed by atoms with E-state index in [1.165, 1.54) is 0 Å². The molecule has 0 spiro atoms. The van der Waals surface area contributed by atoms with E-state index >= 15 is 0 Å². The van der Waals surface area contributed by atoms with Crippen molar-refractivity contribution in [3.05, 3.63) is 24.3 Å². The zero-order chi connectivity index (χ0) is 15.7. The molecule has 0 amide bonds. The summed E-state index contributed by atoms with van der Waals surface area (Å²) in [5.41, 5.74) is 0.654. The Morgan fingerprint density at radius 3 is 2.29 bits per heavy atom. The number of ether oxygens (including phenoxy) is 1. The van der Waals surface area contributed by atoms with Crippen molar-refractivity contribution in [1.82, 2.24) is 0 Å². The average molecular weight is 295 g/mol. The molecule has 1 rings (SSSR count). The SMILES string of the molecule is O=CCOc1cccc(N(CCC(=O)O)CCC(=O)O)c1. The fourth-order valence-corrected chi connectivity index (χ4v) is 1.73. The first-order chi connectivity index (χ1) is 10.0. The van der Waals surface area contributed by atoms with Gasteiger partial charge in [0.1, 0.15) is 12.4 Å². The number of hydrogen-bond donors (Lipinski definition) is 2. The van der Waals surface area contributed by atoms with E-state index in [0.29, 0.717) is 17.7 Å². The zero-order valence-corrected chi connectivity index (χ0v) is 11.4. The number of anilines is 1. The number of hydrogen-bond acceptors (Lipinski definition) is 5. The van der Waals surface area contributed by atoms with Gasteiger partial charge in [-0.2, -0.15) is 0 Å². The first kappa shape index (κ1) is 16.5. The van der Waals surface area contributed by atoms with E-state index in [0.717, 1.165) is 0 Å². The quantitative estimate of drug-likeness (QED) is 0.621. The Balaban J connectivity index is 2.81. The molecule has 7 heteroatoms. The maximum atomic E-state index is 10.7. The van der Waals surface area contributed by atoms with Gasteiger partial charge in [-0.1, -0.05) is 6.07 Å². The summed E-state index contributed by atoms with van der Waals surface area (Å²) < 4.78 is 5.17. The Bertz CT molecular complexity index is 484. The smallest absolute Gasteiger partial charge is 0.305 e. The van der Waals surface area contributed by atoms with E-state index in [2.05, 4.69) is 0 Å². The summed E-state index contributed by atoms with van der Waals surface area (Å²) in [5.74, 6) is -1.44. The summed E-state index contributed by atoms with van der Waals surface area (Å²) >= 11 is 0. The number of rotatable bonds is 10. The monoisotopic (exact) mass is 295 g/mol. The van der Waals surface area contributed by atoms with Gasteiger partial charge in [-0.05, 0) is 12.1 Å². The average Bonchev–Trinajstić information content (AvgIpc) is 2.45. The summed E-state index contributed by atoms with van der Waals surface area (Å²) in [6.07, 6.45) is 0.428. The zero-order valence-electron chi connectivity index (χ0n) is 11.4. The summed E-state index contributed by atoms with van der Waals surface area (Å²) in [4.78, 5) is 33.3.